The Bertz CT molecular complexity index is 441. The SMILES string of the molecule is CCO/N=C(/C(=N)N(C)N=NC)c1ccccc1. The number of hydrogen-bond donors (Lipinski definition) is 1. The van der Waals surface area contributed by atoms with Crippen molar-refractivity contribution in [3.05, 3.63) is 35.9 Å². The Labute approximate surface area is 106 Å². The summed E-state index contributed by atoms with van der Waals surface area (Å²) in [7, 11) is 3.19. The molecule has 0 bridgehead atoms. The summed E-state index contributed by atoms with van der Waals surface area (Å²) in [5, 5.41) is 20.7. The molecule has 0 atom stereocenters. The first kappa shape index (κ1) is 13.8. The molecule has 0 aliphatic carbocycles. The average Bonchev–Trinajstić information content (AvgIpc) is 2.40. The highest BCUT2D eigenvalue weighted by atomic mass is 16.6. The molecule has 0 amide bonds. The third-order valence-corrected chi connectivity index (χ3v) is 2.10. The van der Waals surface area contributed by atoms with E-state index in [1.807, 2.05) is 37.3 Å². The van der Waals surface area contributed by atoms with Gasteiger partial charge in [-0.2, -0.15) is 5.11 Å². The summed E-state index contributed by atoms with van der Waals surface area (Å²) in [6.45, 7) is 2.29. The lowest BCUT2D eigenvalue weighted by Crippen LogP contribution is -2.29. The molecule has 0 heterocycles. The lowest BCUT2D eigenvalue weighted by Gasteiger charge is -2.14. The van der Waals surface area contributed by atoms with Gasteiger partial charge in [-0.3, -0.25) is 5.41 Å². The third-order valence-electron chi connectivity index (χ3n) is 2.10. The lowest BCUT2D eigenvalue weighted by atomic mass is 10.1. The molecule has 0 unspecified atom stereocenters. The van der Waals surface area contributed by atoms with E-state index in [0.29, 0.717) is 12.3 Å². The molecule has 18 heavy (non-hydrogen) atoms. The molecule has 6 heteroatoms. The van der Waals surface area contributed by atoms with Crippen LogP contribution in [0, 0.1) is 5.41 Å². The summed E-state index contributed by atoms with van der Waals surface area (Å²) in [5.41, 5.74) is 1.22. The maximum atomic E-state index is 8.03. The number of nitrogens with one attached hydrogen (secondary N) is 1. The Kier molecular flexibility index (Phi) is 5.50. The maximum absolute atomic E-state index is 8.03. The van der Waals surface area contributed by atoms with Gasteiger partial charge < -0.3 is 4.84 Å². The second kappa shape index (κ2) is 7.16. The maximum Gasteiger partial charge on any atom is 0.172 e. The Balaban J connectivity index is 3.03. The van der Waals surface area contributed by atoms with Gasteiger partial charge in [-0.1, -0.05) is 40.7 Å². The van der Waals surface area contributed by atoms with Crippen molar-refractivity contribution in [3.63, 3.8) is 0 Å². The second-order valence-corrected chi connectivity index (χ2v) is 3.39. The van der Waals surface area contributed by atoms with Gasteiger partial charge in [0, 0.05) is 12.6 Å². The van der Waals surface area contributed by atoms with Gasteiger partial charge in [0.1, 0.15) is 6.61 Å². The number of oxime groups is 1. The first-order valence-corrected chi connectivity index (χ1v) is 5.58. The van der Waals surface area contributed by atoms with E-state index in [0.717, 1.165) is 5.56 Å². The third kappa shape index (κ3) is 3.65. The Morgan fingerprint density at radius 1 is 1.33 bits per heavy atom. The molecule has 1 N–H and O–H groups in total. The molecule has 0 radical (unpaired) electrons. The quantitative estimate of drug-likeness (QED) is 0.375. The standard InChI is InChI=1S/C12H17N5O/c1-4-18-15-11(10-8-6-5-7-9-10)12(13)17(3)16-14-2/h5-9,13H,4H2,1-3H3/b13-12?,15-11+,16-14?. The molecule has 0 aliphatic heterocycles. The van der Waals surface area contributed by atoms with Crippen molar-refractivity contribution in [2.24, 2.45) is 15.5 Å². The molecule has 1 aromatic rings. The second-order valence-electron chi connectivity index (χ2n) is 3.39. The Hall–Kier alpha value is -2.24. The zero-order chi connectivity index (χ0) is 13.4. The van der Waals surface area contributed by atoms with Gasteiger partial charge in [0.05, 0.1) is 7.05 Å². The number of rotatable bonds is 5. The van der Waals surface area contributed by atoms with Crippen molar-refractivity contribution < 1.29 is 4.84 Å². The number of benzene rings is 1. The fourth-order valence-electron chi connectivity index (χ4n) is 1.29. The van der Waals surface area contributed by atoms with Gasteiger partial charge in [-0.25, -0.2) is 5.01 Å². The molecule has 0 saturated heterocycles. The van der Waals surface area contributed by atoms with E-state index in [1.54, 1.807) is 14.1 Å². The van der Waals surface area contributed by atoms with Crippen LogP contribution in [0.2, 0.25) is 0 Å². The van der Waals surface area contributed by atoms with Gasteiger partial charge in [0.2, 0.25) is 0 Å². The fraction of sp³-hybridized carbons (Fsp3) is 0.333. The van der Waals surface area contributed by atoms with E-state index in [1.165, 1.54) is 5.01 Å². The number of likely N-dealkylation sites (N-methyl/N-ethyl adjacent to an activating group) is 1. The van der Waals surface area contributed by atoms with Crippen molar-refractivity contribution >= 4 is 11.5 Å². The zero-order valence-electron chi connectivity index (χ0n) is 10.8. The molecule has 0 aliphatic rings. The van der Waals surface area contributed by atoms with Gasteiger partial charge in [0.25, 0.3) is 0 Å². The van der Waals surface area contributed by atoms with E-state index < -0.39 is 0 Å². The van der Waals surface area contributed by atoms with Crippen LogP contribution < -0.4 is 0 Å². The first-order chi connectivity index (χ1) is 8.70. The largest absolute Gasteiger partial charge is 0.396 e. The highest BCUT2D eigenvalue weighted by molar-refractivity contribution is 6.46. The van der Waals surface area contributed by atoms with E-state index in [-0.39, 0.29) is 5.84 Å². The predicted octanol–water partition coefficient (Wildman–Crippen LogP) is 2.33. The molecular weight excluding hydrogens is 230 g/mol. The van der Waals surface area contributed by atoms with Crippen LogP contribution in [0.5, 0.6) is 0 Å². The van der Waals surface area contributed by atoms with Crippen molar-refractivity contribution in [2.45, 2.75) is 6.92 Å². The summed E-state index contributed by atoms with van der Waals surface area (Å²) in [6, 6.07) is 9.39. The van der Waals surface area contributed by atoms with Crippen LogP contribution in [0.4, 0.5) is 0 Å². The topological polar surface area (TPSA) is 73.4 Å². The van der Waals surface area contributed by atoms with Crippen LogP contribution in [0.15, 0.2) is 45.8 Å². The van der Waals surface area contributed by atoms with Crippen molar-refractivity contribution in [2.75, 3.05) is 20.7 Å². The van der Waals surface area contributed by atoms with Gasteiger partial charge in [0.15, 0.2) is 11.5 Å². The van der Waals surface area contributed by atoms with E-state index in [2.05, 4.69) is 15.5 Å². The van der Waals surface area contributed by atoms with Crippen LogP contribution in [-0.4, -0.2) is 37.3 Å². The first-order valence-electron chi connectivity index (χ1n) is 5.58. The van der Waals surface area contributed by atoms with Crippen LogP contribution in [0.25, 0.3) is 0 Å². The molecule has 0 spiro atoms. The molecule has 0 saturated carbocycles. The zero-order valence-corrected chi connectivity index (χ0v) is 10.8. The summed E-state index contributed by atoms with van der Waals surface area (Å²) in [4.78, 5) is 5.05. The lowest BCUT2D eigenvalue weighted by molar-refractivity contribution is 0.159. The van der Waals surface area contributed by atoms with Crippen molar-refractivity contribution in [1.82, 2.24) is 5.01 Å². The van der Waals surface area contributed by atoms with Crippen molar-refractivity contribution in [1.29, 1.82) is 5.41 Å². The minimum atomic E-state index is 0.125. The van der Waals surface area contributed by atoms with Crippen LogP contribution in [-0.2, 0) is 4.84 Å². The predicted molar refractivity (Wildman–Crippen MR) is 70.9 cm³/mol. The van der Waals surface area contributed by atoms with Crippen LogP contribution in [0.3, 0.4) is 0 Å². The smallest absolute Gasteiger partial charge is 0.172 e. The molecule has 0 aromatic heterocycles. The monoisotopic (exact) mass is 247 g/mol. The highest BCUT2D eigenvalue weighted by Crippen LogP contribution is 2.05. The molecular formula is C12H17N5O. The molecule has 1 rings (SSSR count). The molecule has 0 fully saturated rings. The summed E-state index contributed by atoms with van der Waals surface area (Å²) in [5.74, 6) is 0.125. The number of amidine groups is 1. The van der Waals surface area contributed by atoms with E-state index >= 15 is 0 Å². The van der Waals surface area contributed by atoms with Crippen LogP contribution >= 0.6 is 0 Å². The molecule has 96 valence electrons. The van der Waals surface area contributed by atoms with Gasteiger partial charge in [-0.05, 0) is 6.92 Å². The number of hydrogen-bond acceptors (Lipinski definition) is 5. The van der Waals surface area contributed by atoms with Crippen LogP contribution in [0.1, 0.15) is 12.5 Å². The number of nitrogens with zero attached hydrogens (tertiary/aromatic N) is 4. The fourth-order valence-corrected chi connectivity index (χ4v) is 1.29. The summed E-state index contributed by atoms with van der Waals surface area (Å²) >= 11 is 0. The van der Waals surface area contributed by atoms with Crippen molar-refractivity contribution in [3.8, 4) is 0 Å². The molecule has 1 aromatic carbocycles. The van der Waals surface area contributed by atoms with E-state index in [4.69, 9.17) is 10.2 Å². The van der Waals surface area contributed by atoms with Gasteiger partial charge >= 0.3 is 0 Å². The minimum absolute atomic E-state index is 0.125. The van der Waals surface area contributed by atoms with Gasteiger partial charge in [-0.15, -0.1) is 0 Å². The van der Waals surface area contributed by atoms with E-state index in [9.17, 15) is 0 Å². The Morgan fingerprint density at radius 3 is 2.56 bits per heavy atom. The average molecular weight is 247 g/mol. The summed E-state index contributed by atoms with van der Waals surface area (Å²) < 4.78 is 0. The highest BCUT2D eigenvalue weighted by Gasteiger charge is 2.15. The summed E-state index contributed by atoms with van der Waals surface area (Å²) in [6.07, 6.45) is 0. The minimum Gasteiger partial charge on any atom is -0.396 e. The Morgan fingerprint density at radius 2 is 2.00 bits per heavy atom. The normalized spacial score (nSPS) is 11.6. The molecule has 6 nitrogen and oxygen atoms in total.